The van der Waals surface area contributed by atoms with Gasteiger partial charge < -0.3 is 9.15 Å². The Bertz CT molecular complexity index is 781. The fourth-order valence-corrected chi connectivity index (χ4v) is 2.12. The number of aromatic amines is 1. The lowest BCUT2D eigenvalue weighted by Gasteiger charge is -2.10. The number of ether oxygens (including phenoxy) is 1. The quantitative estimate of drug-likeness (QED) is 0.790. The number of fused-ring (bicyclic) bond motifs is 1. The molecule has 1 N–H and O–H groups in total. The topological polar surface area (TPSA) is 55.2 Å². The van der Waals surface area contributed by atoms with E-state index < -0.39 is 5.76 Å². The predicted molar refractivity (Wildman–Crippen MR) is 78.0 cm³/mol. The van der Waals surface area contributed by atoms with Gasteiger partial charge in [-0.3, -0.25) is 4.98 Å². The number of aromatic nitrogens is 1. The van der Waals surface area contributed by atoms with Crippen molar-refractivity contribution in [3.63, 3.8) is 0 Å². The summed E-state index contributed by atoms with van der Waals surface area (Å²) in [6, 6.07) is 13.5. The number of oxazole rings is 1. The van der Waals surface area contributed by atoms with Gasteiger partial charge in [0.2, 0.25) is 0 Å². The Kier molecular flexibility index (Phi) is 3.06. The van der Waals surface area contributed by atoms with Crippen molar-refractivity contribution in [2.75, 3.05) is 0 Å². The van der Waals surface area contributed by atoms with Gasteiger partial charge in [0, 0.05) is 0 Å². The van der Waals surface area contributed by atoms with Gasteiger partial charge in [-0.05, 0) is 49.2 Å². The van der Waals surface area contributed by atoms with Crippen LogP contribution in [-0.4, -0.2) is 11.1 Å². The van der Waals surface area contributed by atoms with Crippen LogP contribution in [0.3, 0.4) is 0 Å². The third-order valence-corrected chi connectivity index (χ3v) is 2.98. The molecule has 20 heavy (non-hydrogen) atoms. The van der Waals surface area contributed by atoms with Crippen LogP contribution in [0, 0.1) is 0 Å². The number of rotatable bonds is 3. The molecule has 0 atom stereocenters. The first-order valence-corrected chi connectivity index (χ1v) is 6.52. The maximum absolute atomic E-state index is 11.1. The van der Waals surface area contributed by atoms with E-state index in [-0.39, 0.29) is 6.10 Å². The fraction of sp³-hybridized carbons (Fsp3) is 0.188. The molecule has 1 aromatic heterocycles. The highest BCUT2D eigenvalue weighted by atomic mass is 16.5. The fourth-order valence-electron chi connectivity index (χ4n) is 2.12. The first-order valence-electron chi connectivity index (χ1n) is 6.52. The lowest BCUT2D eigenvalue weighted by molar-refractivity contribution is 0.242. The van der Waals surface area contributed by atoms with E-state index in [0.717, 1.165) is 16.9 Å². The molecule has 0 unspecified atom stereocenters. The summed E-state index contributed by atoms with van der Waals surface area (Å²) in [4.78, 5) is 13.8. The number of hydrogen-bond acceptors (Lipinski definition) is 3. The van der Waals surface area contributed by atoms with E-state index in [0.29, 0.717) is 11.1 Å². The Labute approximate surface area is 116 Å². The highest BCUT2D eigenvalue weighted by Gasteiger charge is 2.05. The van der Waals surface area contributed by atoms with Gasteiger partial charge in [0.05, 0.1) is 11.6 Å². The molecule has 1 heterocycles. The Hall–Kier alpha value is -2.49. The molecule has 2 aromatic carbocycles. The van der Waals surface area contributed by atoms with Gasteiger partial charge in [-0.25, -0.2) is 4.79 Å². The summed E-state index contributed by atoms with van der Waals surface area (Å²) < 4.78 is 10.7. The molecule has 0 radical (unpaired) electrons. The maximum atomic E-state index is 11.1. The van der Waals surface area contributed by atoms with E-state index in [1.165, 1.54) is 0 Å². The van der Waals surface area contributed by atoms with E-state index in [9.17, 15) is 4.79 Å². The van der Waals surface area contributed by atoms with Gasteiger partial charge in [-0.2, -0.15) is 0 Å². The Morgan fingerprint density at radius 2 is 1.75 bits per heavy atom. The van der Waals surface area contributed by atoms with Crippen LogP contribution in [-0.2, 0) is 0 Å². The Morgan fingerprint density at radius 3 is 2.45 bits per heavy atom. The van der Waals surface area contributed by atoms with Crippen LogP contribution in [0.15, 0.2) is 51.7 Å². The van der Waals surface area contributed by atoms with E-state index >= 15 is 0 Å². The van der Waals surface area contributed by atoms with Gasteiger partial charge in [0.15, 0.2) is 5.58 Å². The Morgan fingerprint density at radius 1 is 1.05 bits per heavy atom. The van der Waals surface area contributed by atoms with Crippen LogP contribution < -0.4 is 10.5 Å². The van der Waals surface area contributed by atoms with Crippen molar-refractivity contribution >= 4 is 11.1 Å². The Balaban J connectivity index is 1.95. The average molecular weight is 269 g/mol. The zero-order chi connectivity index (χ0) is 14.1. The number of H-pyrrole nitrogens is 1. The molecule has 0 aliphatic rings. The number of nitrogens with one attached hydrogen (secondary N) is 1. The molecule has 0 aliphatic heterocycles. The van der Waals surface area contributed by atoms with Gasteiger partial charge in [-0.15, -0.1) is 0 Å². The molecule has 0 fully saturated rings. The lowest BCUT2D eigenvalue weighted by atomic mass is 10.1. The monoisotopic (exact) mass is 269 g/mol. The van der Waals surface area contributed by atoms with Crippen molar-refractivity contribution < 1.29 is 9.15 Å². The van der Waals surface area contributed by atoms with E-state index in [2.05, 4.69) is 4.98 Å². The SMILES string of the molecule is CC(C)Oc1ccc(-c2ccc3[nH]c(=O)oc3c2)cc1. The third kappa shape index (κ3) is 2.45. The molecule has 4 heteroatoms. The minimum absolute atomic E-state index is 0.159. The molecule has 102 valence electrons. The molecule has 0 aliphatic carbocycles. The van der Waals surface area contributed by atoms with Gasteiger partial charge in [0.1, 0.15) is 5.75 Å². The van der Waals surface area contributed by atoms with Gasteiger partial charge in [-0.1, -0.05) is 18.2 Å². The van der Waals surface area contributed by atoms with E-state index in [1.54, 1.807) is 0 Å². The molecule has 0 bridgehead atoms. The summed E-state index contributed by atoms with van der Waals surface area (Å²) in [6.07, 6.45) is 0.159. The minimum atomic E-state index is -0.433. The largest absolute Gasteiger partial charge is 0.491 e. The summed E-state index contributed by atoms with van der Waals surface area (Å²) in [6.45, 7) is 3.99. The second-order valence-electron chi connectivity index (χ2n) is 4.92. The van der Waals surface area contributed by atoms with Crippen LogP contribution in [0.2, 0.25) is 0 Å². The third-order valence-electron chi connectivity index (χ3n) is 2.98. The van der Waals surface area contributed by atoms with Crippen LogP contribution in [0.1, 0.15) is 13.8 Å². The second kappa shape index (κ2) is 4.89. The first kappa shape index (κ1) is 12.5. The number of benzene rings is 2. The van der Waals surface area contributed by atoms with Crippen LogP contribution in [0.5, 0.6) is 5.75 Å². The lowest BCUT2D eigenvalue weighted by Crippen LogP contribution is -2.05. The van der Waals surface area contributed by atoms with Crippen LogP contribution in [0.25, 0.3) is 22.2 Å². The summed E-state index contributed by atoms with van der Waals surface area (Å²) in [5.41, 5.74) is 3.32. The molecule has 0 spiro atoms. The summed E-state index contributed by atoms with van der Waals surface area (Å²) in [7, 11) is 0. The predicted octanol–water partition coefficient (Wildman–Crippen LogP) is 3.58. The molecular weight excluding hydrogens is 254 g/mol. The second-order valence-corrected chi connectivity index (χ2v) is 4.92. The van der Waals surface area contributed by atoms with E-state index in [1.807, 2.05) is 56.3 Å². The highest BCUT2D eigenvalue weighted by molar-refractivity contribution is 5.79. The summed E-state index contributed by atoms with van der Waals surface area (Å²) >= 11 is 0. The molecule has 4 nitrogen and oxygen atoms in total. The molecule has 0 amide bonds. The summed E-state index contributed by atoms with van der Waals surface area (Å²) in [5, 5.41) is 0. The normalized spacial score (nSPS) is 11.2. The molecular formula is C16H15NO3. The molecule has 0 saturated carbocycles. The minimum Gasteiger partial charge on any atom is -0.491 e. The average Bonchev–Trinajstić information content (AvgIpc) is 2.78. The smallest absolute Gasteiger partial charge is 0.417 e. The van der Waals surface area contributed by atoms with Crippen LogP contribution >= 0.6 is 0 Å². The van der Waals surface area contributed by atoms with Crippen molar-refractivity contribution in [1.29, 1.82) is 0 Å². The standard InChI is InChI=1S/C16H15NO3/c1-10(2)19-13-6-3-11(4-7-13)12-5-8-14-15(9-12)20-16(18)17-14/h3-10H,1-2H3,(H,17,18). The zero-order valence-corrected chi connectivity index (χ0v) is 11.3. The zero-order valence-electron chi connectivity index (χ0n) is 11.3. The molecule has 0 saturated heterocycles. The van der Waals surface area contributed by atoms with Crippen LogP contribution in [0.4, 0.5) is 0 Å². The summed E-state index contributed by atoms with van der Waals surface area (Å²) in [5.74, 6) is 0.413. The van der Waals surface area contributed by atoms with Crippen molar-refractivity contribution in [2.45, 2.75) is 20.0 Å². The maximum Gasteiger partial charge on any atom is 0.417 e. The van der Waals surface area contributed by atoms with Gasteiger partial charge in [0.25, 0.3) is 0 Å². The van der Waals surface area contributed by atoms with Gasteiger partial charge >= 0.3 is 5.76 Å². The van der Waals surface area contributed by atoms with E-state index in [4.69, 9.17) is 9.15 Å². The van der Waals surface area contributed by atoms with Crippen molar-refractivity contribution in [3.8, 4) is 16.9 Å². The first-order chi connectivity index (χ1) is 9.61. The number of hydrogen-bond donors (Lipinski definition) is 1. The highest BCUT2D eigenvalue weighted by Crippen LogP contribution is 2.25. The molecule has 3 rings (SSSR count). The van der Waals surface area contributed by atoms with Crippen molar-refractivity contribution in [3.05, 3.63) is 53.0 Å². The molecule has 3 aromatic rings. The van der Waals surface area contributed by atoms with Crippen molar-refractivity contribution in [2.24, 2.45) is 0 Å². The van der Waals surface area contributed by atoms with Crippen molar-refractivity contribution in [1.82, 2.24) is 4.98 Å².